The Labute approximate surface area is 147 Å². The van der Waals surface area contributed by atoms with Crippen molar-refractivity contribution in [1.29, 1.82) is 0 Å². The van der Waals surface area contributed by atoms with Crippen molar-refractivity contribution in [1.82, 2.24) is 20.1 Å². The molecule has 0 radical (unpaired) electrons. The van der Waals surface area contributed by atoms with Gasteiger partial charge in [0.25, 0.3) is 0 Å². The summed E-state index contributed by atoms with van der Waals surface area (Å²) in [6.45, 7) is 1.93. The Hall–Kier alpha value is -1.82. The average molecular weight is 344 g/mol. The summed E-state index contributed by atoms with van der Waals surface area (Å²) in [6.07, 6.45) is 5.93. The molecule has 0 spiro atoms. The minimum Gasteiger partial charge on any atom is -0.352 e. The zero-order valence-electron chi connectivity index (χ0n) is 14.2. The first-order valence-electron chi connectivity index (χ1n) is 8.57. The van der Waals surface area contributed by atoms with Gasteiger partial charge in [-0.3, -0.25) is 4.79 Å². The summed E-state index contributed by atoms with van der Waals surface area (Å²) in [4.78, 5) is 12.4. The van der Waals surface area contributed by atoms with Gasteiger partial charge in [0, 0.05) is 18.7 Å². The monoisotopic (exact) mass is 344 g/mol. The Balaban J connectivity index is 1.63. The number of hydrogen-bond acceptors (Lipinski definition) is 4. The number of rotatable bonds is 5. The molecule has 5 nitrogen and oxygen atoms in total. The smallest absolute Gasteiger partial charge is 0.233 e. The van der Waals surface area contributed by atoms with Crippen LogP contribution in [-0.2, 0) is 11.8 Å². The van der Waals surface area contributed by atoms with Gasteiger partial charge in [0.05, 0.1) is 5.25 Å². The Kier molecular flexibility index (Phi) is 5.56. The van der Waals surface area contributed by atoms with Crippen LogP contribution in [0.25, 0.3) is 11.4 Å². The van der Waals surface area contributed by atoms with Crippen molar-refractivity contribution in [2.45, 2.75) is 55.5 Å². The van der Waals surface area contributed by atoms with Gasteiger partial charge in [0.15, 0.2) is 11.0 Å². The number of amides is 1. The highest BCUT2D eigenvalue weighted by Gasteiger charge is 2.22. The number of aromatic nitrogens is 3. The predicted molar refractivity (Wildman–Crippen MR) is 96.8 cm³/mol. The lowest BCUT2D eigenvalue weighted by Gasteiger charge is -2.24. The number of hydrogen-bond donors (Lipinski definition) is 1. The highest BCUT2D eigenvalue weighted by molar-refractivity contribution is 8.00. The van der Waals surface area contributed by atoms with E-state index in [4.69, 9.17) is 0 Å². The first-order chi connectivity index (χ1) is 11.6. The van der Waals surface area contributed by atoms with Crippen LogP contribution >= 0.6 is 11.8 Å². The molecular weight excluding hydrogens is 320 g/mol. The molecule has 1 aromatic heterocycles. The summed E-state index contributed by atoms with van der Waals surface area (Å²) >= 11 is 1.46. The maximum absolute atomic E-state index is 12.4. The van der Waals surface area contributed by atoms with E-state index in [1.54, 1.807) is 0 Å². The molecule has 24 heavy (non-hydrogen) atoms. The Morgan fingerprint density at radius 2 is 1.92 bits per heavy atom. The molecule has 128 valence electrons. The lowest BCUT2D eigenvalue weighted by atomic mass is 9.95. The van der Waals surface area contributed by atoms with Crippen LogP contribution in [0, 0.1) is 0 Å². The van der Waals surface area contributed by atoms with Gasteiger partial charge in [-0.15, -0.1) is 10.2 Å². The number of benzene rings is 1. The van der Waals surface area contributed by atoms with Crippen LogP contribution in [-0.4, -0.2) is 32.0 Å². The van der Waals surface area contributed by atoms with Gasteiger partial charge in [-0.25, -0.2) is 0 Å². The van der Waals surface area contributed by atoms with E-state index in [1.807, 2.05) is 48.9 Å². The SMILES string of the molecule is C[C@H](Sc1nnc(-c2ccccc2)n1C)C(=O)NC1CCCCC1. The van der Waals surface area contributed by atoms with Crippen molar-refractivity contribution in [2.24, 2.45) is 7.05 Å². The van der Waals surface area contributed by atoms with Crippen molar-refractivity contribution in [3.05, 3.63) is 30.3 Å². The van der Waals surface area contributed by atoms with Gasteiger partial charge in [-0.2, -0.15) is 0 Å². The lowest BCUT2D eigenvalue weighted by molar-refractivity contribution is -0.121. The molecule has 1 aliphatic carbocycles. The van der Waals surface area contributed by atoms with Crippen LogP contribution in [0.2, 0.25) is 0 Å². The largest absolute Gasteiger partial charge is 0.352 e. The molecule has 3 rings (SSSR count). The van der Waals surface area contributed by atoms with Gasteiger partial charge in [-0.05, 0) is 19.8 Å². The third kappa shape index (κ3) is 3.98. The summed E-state index contributed by atoms with van der Waals surface area (Å²) in [5, 5.41) is 12.3. The third-order valence-corrected chi connectivity index (χ3v) is 5.60. The Bertz CT molecular complexity index is 680. The minimum absolute atomic E-state index is 0.0937. The van der Waals surface area contributed by atoms with E-state index in [0.29, 0.717) is 6.04 Å². The molecule has 1 atom stereocenters. The fourth-order valence-electron chi connectivity index (χ4n) is 3.03. The van der Waals surface area contributed by atoms with Crippen LogP contribution < -0.4 is 5.32 Å². The number of carbonyl (C=O) groups is 1. The van der Waals surface area contributed by atoms with Crippen LogP contribution in [0.5, 0.6) is 0 Å². The molecule has 1 aromatic carbocycles. The summed E-state index contributed by atoms with van der Waals surface area (Å²) in [7, 11) is 1.94. The molecule has 1 saturated carbocycles. The Morgan fingerprint density at radius 1 is 1.21 bits per heavy atom. The summed E-state index contributed by atoms with van der Waals surface area (Å²) in [6, 6.07) is 10.3. The number of thioether (sulfide) groups is 1. The van der Waals surface area contributed by atoms with Crippen LogP contribution in [0.3, 0.4) is 0 Å². The van der Waals surface area contributed by atoms with Gasteiger partial charge < -0.3 is 9.88 Å². The molecule has 0 aliphatic heterocycles. The summed E-state index contributed by atoms with van der Waals surface area (Å²) in [5.41, 5.74) is 1.03. The maximum atomic E-state index is 12.4. The molecule has 2 aromatic rings. The third-order valence-electron chi connectivity index (χ3n) is 4.47. The van der Waals surface area contributed by atoms with Crippen LogP contribution in [0.15, 0.2) is 35.5 Å². The molecule has 0 unspecified atom stereocenters. The fraction of sp³-hybridized carbons (Fsp3) is 0.500. The Morgan fingerprint density at radius 3 is 2.62 bits per heavy atom. The van der Waals surface area contributed by atoms with Crippen molar-refractivity contribution >= 4 is 17.7 Å². The molecule has 1 N–H and O–H groups in total. The van der Waals surface area contributed by atoms with E-state index in [2.05, 4.69) is 15.5 Å². The highest BCUT2D eigenvalue weighted by Crippen LogP contribution is 2.26. The molecule has 6 heteroatoms. The number of nitrogens with zero attached hydrogens (tertiary/aromatic N) is 3. The quantitative estimate of drug-likeness (QED) is 0.845. The van der Waals surface area contributed by atoms with E-state index in [9.17, 15) is 4.79 Å². The average Bonchev–Trinajstić information content (AvgIpc) is 2.97. The topological polar surface area (TPSA) is 59.8 Å². The van der Waals surface area contributed by atoms with E-state index in [1.165, 1.54) is 31.0 Å². The number of carbonyl (C=O) groups excluding carboxylic acids is 1. The van der Waals surface area contributed by atoms with Crippen LogP contribution in [0.4, 0.5) is 0 Å². The maximum Gasteiger partial charge on any atom is 0.233 e. The van der Waals surface area contributed by atoms with Crippen LogP contribution in [0.1, 0.15) is 39.0 Å². The van der Waals surface area contributed by atoms with E-state index in [-0.39, 0.29) is 11.2 Å². The van der Waals surface area contributed by atoms with E-state index >= 15 is 0 Å². The van der Waals surface area contributed by atoms with Gasteiger partial charge in [0.1, 0.15) is 0 Å². The molecule has 0 bridgehead atoms. The second-order valence-corrected chi connectivity index (χ2v) is 7.64. The molecule has 1 fully saturated rings. The molecule has 0 saturated heterocycles. The second kappa shape index (κ2) is 7.83. The van der Waals surface area contributed by atoms with Crippen molar-refractivity contribution < 1.29 is 4.79 Å². The van der Waals surface area contributed by atoms with Gasteiger partial charge >= 0.3 is 0 Å². The first kappa shape index (κ1) is 17.0. The fourth-order valence-corrected chi connectivity index (χ4v) is 3.86. The standard InChI is InChI=1S/C18H24N4OS/c1-13(17(23)19-15-11-7-4-8-12-15)24-18-21-20-16(22(18)2)14-9-5-3-6-10-14/h3,5-6,9-10,13,15H,4,7-8,11-12H2,1-2H3,(H,19,23)/t13-/m0/s1. The molecular formula is C18H24N4OS. The van der Waals surface area contributed by atoms with E-state index in [0.717, 1.165) is 29.4 Å². The van der Waals surface area contributed by atoms with Crippen molar-refractivity contribution in [3.8, 4) is 11.4 Å². The predicted octanol–water partition coefficient (Wildman–Crippen LogP) is 3.41. The molecule has 1 heterocycles. The normalized spacial score (nSPS) is 16.8. The summed E-state index contributed by atoms with van der Waals surface area (Å²) < 4.78 is 1.95. The number of nitrogens with one attached hydrogen (secondary N) is 1. The van der Waals surface area contributed by atoms with Gasteiger partial charge in [-0.1, -0.05) is 61.4 Å². The second-order valence-electron chi connectivity index (χ2n) is 6.33. The van der Waals surface area contributed by atoms with Gasteiger partial charge in [0.2, 0.25) is 5.91 Å². The zero-order chi connectivity index (χ0) is 16.9. The molecule has 1 amide bonds. The minimum atomic E-state index is -0.182. The molecule has 1 aliphatic rings. The lowest BCUT2D eigenvalue weighted by Crippen LogP contribution is -2.40. The van der Waals surface area contributed by atoms with E-state index < -0.39 is 0 Å². The highest BCUT2D eigenvalue weighted by atomic mass is 32.2. The van der Waals surface area contributed by atoms with Crippen molar-refractivity contribution in [3.63, 3.8) is 0 Å². The summed E-state index contributed by atoms with van der Waals surface area (Å²) in [5.74, 6) is 0.911. The zero-order valence-corrected chi connectivity index (χ0v) is 15.1. The first-order valence-corrected chi connectivity index (χ1v) is 9.45. The van der Waals surface area contributed by atoms with Crippen molar-refractivity contribution in [2.75, 3.05) is 0 Å².